The van der Waals surface area contributed by atoms with Gasteiger partial charge < -0.3 is 0 Å². The van der Waals surface area contributed by atoms with Gasteiger partial charge in [0.25, 0.3) is 0 Å². The SMILES string of the molecule is CCC(C)Sc1ccc(N=C=O)cc1. The standard InChI is InChI=1S/C11H13NOS/c1-3-9(2)14-11-6-4-10(5-7-11)12-8-13/h4-7,9H,3H2,1-2H3. The maximum Gasteiger partial charge on any atom is 0.240 e. The molecule has 1 aromatic carbocycles. The normalized spacial score (nSPS) is 11.9. The molecule has 3 heteroatoms. The van der Waals surface area contributed by atoms with Gasteiger partial charge in [-0.15, -0.1) is 11.8 Å². The van der Waals surface area contributed by atoms with Crippen molar-refractivity contribution in [1.29, 1.82) is 0 Å². The minimum absolute atomic E-state index is 0.621. The maximum atomic E-state index is 9.99. The third kappa shape index (κ3) is 3.36. The molecule has 0 saturated carbocycles. The molecule has 1 aromatic rings. The van der Waals surface area contributed by atoms with E-state index in [1.165, 1.54) is 11.0 Å². The van der Waals surface area contributed by atoms with E-state index in [1.54, 1.807) is 0 Å². The van der Waals surface area contributed by atoms with Gasteiger partial charge in [-0.1, -0.05) is 13.8 Å². The molecular formula is C11H13NOS. The van der Waals surface area contributed by atoms with Gasteiger partial charge in [-0.25, -0.2) is 4.79 Å². The predicted octanol–water partition coefficient (Wildman–Crippen LogP) is 3.54. The average molecular weight is 207 g/mol. The number of hydrogen-bond donors (Lipinski definition) is 0. The number of hydrogen-bond acceptors (Lipinski definition) is 3. The molecule has 2 nitrogen and oxygen atoms in total. The lowest BCUT2D eigenvalue weighted by molar-refractivity contribution is 0.565. The van der Waals surface area contributed by atoms with Crippen LogP contribution in [0.3, 0.4) is 0 Å². The predicted molar refractivity (Wildman–Crippen MR) is 59.8 cm³/mol. The zero-order chi connectivity index (χ0) is 10.4. The first-order valence-electron chi connectivity index (χ1n) is 4.61. The molecule has 0 aliphatic heterocycles. The number of carbonyl (C=O) groups excluding carboxylic acids is 1. The Balaban J connectivity index is 2.68. The number of nitrogens with zero attached hydrogens (tertiary/aromatic N) is 1. The van der Waals surface area contributed by atoms with E-state index in [4.69, 9.17) is 0 Å². The average Bonchev–Trinajstić information content (AvgIpc) is 2.21. The zero-order valence-corrected chi connectivity index (χ0v) is 9.17. The summed E-state index contributed by atoms with van der Waals surface area (Å²) in [5.41, 5.74) is 0.661. The van der Waals surface area contributed by atoms with Crippen molar-refractivity contribution in [2.45, 2.75) is 30.4 Å². The number of rotatable bonds is 4. The molecule has 0 fully saturated rings. The fourth-order valence-electron chi connectivity index (χ4n) is 0.968. The molecule has 0 amide bonds. The minimum atomic E-state index is 0.621. The van der Waals surface area contributed by atoms with Crippen LogP contribution in [0.2, 0.25) is 0 Å². The molecule has 1 rings (SSSR count). The number of isocyanates is 1. The summed E-state index contributed by atoms with van der Waals surface area (Å²) in [7, 11) is 0. The van der Waals surface area contributed by atoms with Crippen LogP contribution in [-0.4, -0.2) is 11.3 Å². The Morgan fingerprint density at radius 1 is 1.43 bits per heavy atom. The van der Waals surface area contributed by atoms with E-state index in [-0.39, 0.29) is 0 Å². The third-order valence-electron chi connectivity index (χ3n) is 1.92. The third-order valence-corrected chi connectivity index (χ3v) is 3.20. The van der Waals surface area contributed by atoms with Gasteiger partial charge in [-0.05, 0) is 30.7 Å². The Bertz CT molecular complexity index is 328. The van der Waals surface area contributed by atoms with Crippen molar-refractivity contribution in [1.82, 2.24) is 0 Å². The van der Waals surface area contributed by atoms with Crippen molar-refractivity contribution < 1.29 is 4.79 Å². The van der Waals surface area contributed by atoms with Crippen molar-refractivity contribution in [2.24, 2.45) is 4.99 Å². The van der Waals surface area contributed by atoms with Crippen molar-refractivity contribution >= 4 is 23.5 Å². The van der Waals surface area contributed by atoms with Gasteiger partial charge >= 0.3 is 0 Å². The molecule has 1 atom stereocenters. The number of thioether (sulfide) groups is 1. The molecule has 0 spiro atoms. The van der Waals surface area contributed by atoms with Crippen molar-refractivity contribution in [3.05, 3.63) is 24.3 Å². The van der Waals surface area contributed by atoms with Crippen LogP contribution in [0.5, 0.6) is 0 Å². The van der Waals surface area contributed by atoms with E-state index in [2.05, 4.69) is 18.8 Å². The monoisotopic (exact) mass is 207 g/mol. The van der Waals surface area contributed by atoms with E-state index in [0.717, 1.165) is 6.42 Å². The highest BCUT2D eigenvalue weighted by molar-refractivity contribution is 7.99. The molecule has 0 saturated heterocycles. The number of benzene rings is 1. The molecule has 1 unspecified atom stereocenters. The second kappa shape index (κ2) is 5.63. The van der Waals surface area contributed by atoms with Crippen LogP contribution in [0.25, 0.3) is 0 Å². The van der Waals surface area contributed by atoms with Crippen LogP contribution in [-0.2, 0) is 4.79 Å². The van der Waals surface area contributed by atoms with E-state index in [9.17, 15) is 4.79 Å². The highest BCUT2D eigenvalue weighted by Crippen LogP contribution is 2.26. The first kappa shape index (κ1) is 11.0. The van der Waals surface area contributed by atoms with E-state index >= 15 is 0 Å². The lowest BCUT2D eigenvalue weighted by Gasteiger charge is -2.07. The van der Waals surface area contributed by atoms with Crippen LogP contribution in [0, 0.1) is 0 Å². The van der Waals surface area contributed by atoms with Gasteiger partial charge in [0.1, 0.15) is 0 Å². The lowest BCUT2D eigenvalue weighted by Crippen LogP contribution is -1.90. The smallest absolute Gasteiger partial charge is 0.211 e. The van der Waals surface area contributed by atoms with E-state index in [0.29, 0.717) is 10.9 Å². The molecule has 0 aromatic heterocycles. The summed E-state index contributed by atoms with van der Waals surface area (Å²) < 4.78 is 0. The second-order valence-corrected chi connectivity index (χ2v) is 4.55. The van der Waals surface area contributed by atoms with Crippen LogP contribution in [0.15, 0.2) is 34.2 Å². The van der Waals surface area contributed by atoms with Crippen molar-refractivity contribution in [3.8, 4) is 0 Å². The zero-order valence-electron chi connectivity index (χ0n) is 8.36. The molecule has 74 valence electrons. The van der Waals surface area contributed by atoms with Gasteiger partial charge in [0.15, 0.2) is 0 Å². The van der Waals surface area contributed by atoms with Gasteiger partial charge in [0, 0.05) is 10.1 Å². The Labute approximate surface area is 88.4 Å². The summed E-state index contributed by atoms with van der Waals surface area (Å²) >= 11 is 1.83. The summed E-state index contributed by atoms with van der Waals surface area (Å²) in [4.78, 5) is 14.7. The van der Waals surface area contributed by atoms with Crippen molar-refractivity contribution in [3.63, 3.8) is 0 Å². The first-order chi connectivity index (χ1) is 6.76. The minimum Gasteiger partial charge on any atom is -0.211 e. The second-order valence-electron chi connectivity index (χ2n) is 3.03. The lowest BCUT2D eigenvalue weighted by atomic mass is 10.3. The molecular weight excluding hydrogens is 194 g/mol. The quantitative estimate of drug-likeness (QED) is 0.429. The summed E-state index contributed by atoms with van der Waals surface area (Å²) in [5, 5.41) is 0.621. The summed E-state index contributed by atoms with van der Waals surface area (Å²) in [5.74, 6) is 0. The van der Waals surface area contributed by atoms with Crippen LogP contribution >= 0.6 is 11.8 Å². The number of aliphatic imine (C=N–C) groups is 1. The fourth-order valence-corrected chi connectivity index (χ4v) is 1.89. The molecule has 14 heavy (non-hydrogen) atoms. The Morgan fingerprint density at radius 3 is 2.57 bits per heavy atom. The first-order valence-corrected chi connectivity index (χ1v) is 5.48. The maximum absolute atomic E-state index is 9.99. The van der Waals surface area contributed by atoms with Crippen LogP contribution in [0.4, 0.5) is 5.69 Å². The van der Waals surface area contributed by atoms with Crippen LogP contribution < -0.4 is 0 Å². The molecule has 0 heterocycles. The highest BCUT2D eigenvalue weighted by atomic mass is 32.2. The van der Waals surface area contributed by atoms with Crippen molar-refractivity contribution in [2.75, 3.05) is 0 Å². The van der Waals surface area contributed by atoms with Gasteiger partial charge in [0.05, 0.1) is 5.69 Å². The highest BCUT2D eigenvalue weighted by Gasteiger charge is 2.00. The topological polar surface area (TPSA) is 29.4 Å². The summed E-state index contributed by atoms with van der Waals surface area (Å²) in [6, 6.07) is 7.62. The van der Waals surface area contributed by atoms with E-state index < -0.39 is 0 Å². The van der Waals surface area contributed by atoms with Gasteiger partial charge in [-0.2, -0.15) is 4.99 Å². The molecule has 0 aliphatic rings. The Morgan fingerprint density at radius 2 is 2.07 bits per heavy atom. The van der Waals surface area contributed by atoms with Gasteiger partial charge in [0.2, 0.25) is 6.08 Å². The summed E-state index contributed by atoms with van der Waals surface area (Å²) in [6.07, 6.45) is 2.68. The fraction of sp³-hybridized carbons (Fsp3) is 0.364. The molecule has 0 aliphatic carbocycles. The molecule has 0 N–H and O–H groups in total. The Kier molecular flexibility index (Phi) is 4.44. The van der Waals surface area contributed by atoms with E-state index in [1.807, 2.05) is 36.0 Å². The summed E-state index contributed by atoms with van der Waals surface area (Å²) in [6.45, 7) is 4.37. The molecule has 0 bridgehead atoms. The van der Waals surface area contributed by atoms with Gasteiger partial charge in [-0.3, -0.25) is 0 Å². The molecule has 0 radical (unpaired) electrons. The Hall–Kier alpha value is -1.05. The largest absolute Gasteiger partial charge is 0.240 e. The van der Waals surface area contributed by atoms with Crippen LogP contribution in [0.1, 0.15) is 20.3 Å².